The van der Waals surface area contributed by atoms with Crippen LogP contribution in [-0.2, 0) is 13.5 Å². The first-order valence-corrected chi connectivity index (χ1v) is 5.95. The molecule has 1 aromatic rings. The number of rotatable bonds is 2. The smallest absolute Gasteiger partial charge is 0.0706 e. The van der Waals surface area contributed by atoms with Gasteiger partial charge in [0.05, 0.1) is 5.69 Å². The summed E-state index contributed by atoms with van der Waals surface area (Å²) < 4.78 is 2.11. The van der Waals surface area contributed by atoms with Gasteiger partial charge in [0.1, 0.15) is 0 Å². The fourth-order valence-corrected chi connectivity index (χ4v) is 2.97. The predicted molar refractivity (Wildman–Crippen MR) is 59.9 cm³/mol. The Morgan fingerprint density at radius 3 is 2.73 bits per heavy atom. The van der Waals surface area contributed by atoms with E-state index in [2.05, 4.69) is 31.0 Å². The minimum Gasteiger partial charge on any atom is -0.313 e. The molecular weight excluding hydrogens is 186 g/mol. The van der Waals surface area contributed by atoms with Crippen molar-refractivity contribution in [2.75, 3.05) is 7.05 Å². The van der Waals surface area contributed by atoms with E-state index in [0.717, 1.165) is 5.92 Å². The van der Waals surface area contributed by atoms with Crippen LogP contribution >= 0.6 is 0 Å². The number of aryl methyl sites for hydroxylation is 1. The van der Waals surface area contributed by atoms with E-state index >= 15 is 0 Å². The molecule has 0 spiro atoms. The molecule has 1 saturated carbocycles. The molecule has 2 aliphatic rings. The molecule has 15 heavy (non-hydrogen) atoms. The van der Waals surface area contributed by atoms with Crippen LogP contribution < -0.4 is 5.32 Å². The highest BCUT2D eigenvalue weighted by molar-refractivity contribution is 5.38. The van der Waals surface area contributed by atoms with Crippen molar-refractivity contribution in [1.29, 1.82) is 0 Å². The Morgan fingerprint density at radius 2 is 2.13 bits per heavy atom. The van der Waals surface area contributed by atoms with Crippen LogP contribution in [0.4, 0.5) is 0 Å². The van der Waals surface area contributed by atoms with E-state index < -0.39 is 0 Å². The molecule has 1 fully saturated rings. The molecule has 1 heterocycles. The minimum atomic E-state index is 0.532. The topological polar surface area (TPSA) is 29.9 Å². The molecule has 3 rings (SSSR count). The number of aromatic nitrogens is 2. The third-order valence-corrected chi connectivity index (χ3v) is 3.91. The maximum Gasteiger partial charge on any atom is 0.0706 e. The highest BCUT2D eigenvalue weighted by Gasteiger charge is 2.39. The molecule has 0 radical (unpaired) electrons. The van der Waals surface area contributed by atoms with Gasteiger partial charge in [-0.1, -0.05) is 6.92 Å². The van der Waals surface area contributed by atoms with Crippen LogP contribution in [0, 0.1) is 5.92 Å². The average Bonchev–Trinajstić information content (AvgIpc) is 2.92. The van der Waals surface area contributed by atoms with Crippen LogP contribution in [0.5, 0.6) is 0 Å². The van der Waals surface area contributed by atoms with Crippen molar-refractivity contribution in [2.24, 2.45) is 13.0 Å². The van der Waals surface area contributed by atoms with E-state index in [0.29, 0.717) is 12.0 Å². The molecule has 0 bridgehead atoms. The molecule has 3 heteroatoms. The zero-order valence-electron chi connectivity index (χ0n) is 9.75. The van der Waals surface area contributed by atoms with Crippen molar-refractivity contribution >= 4 is 0 Å². The normalized spacial score (nSPS) is 29.5. The van der Waals surface area contributed by atoms with E-state index in [9.17, 15) is 0 Å². The van der Waals surface area contributed by atoms with Crippen molar-refractivity contribution in [3.8, 4) is 0 Å². The Labute approximate surface area is 90.9 Å². The quantitative estimate of drug-likeness (QED) is 0.797. The number of hydrogen-bond donors (Lipinski definition) is 1. The molecule has 2 unspecified atom stereocenters. The van der Waals surface area contributed by atoms with Gasteiger partial charge >= 0.3 is 0 Å². The summed E-state index contributed by atoms with van der Waals surface area (Å²) in [6.07, 6.45) is 3.86. The highest BCUT2D eigenvalue weighted by atomic mass is 15.3. The van der Waals surface area contributed by atoms with Gasteiger partial charge in [0.25, 0.3) is 0 Å². The van der Waals surface area contributed by atoms with E-state index in [1.807, 2.05) is 0 Å². The maximum absolute atomic E-state index is 4.70. The van der Waals surface area contributed by atoms with Gasteiger partial charge in [0, 0.05) is 30.3 Å². The molecule has 0 aromatic carbocycles. The van der Waals surface area contributed by atoms with Crippen molar-refractivity contribution in [2.45, 2.75) is 38.1 Å². The summed E-state index contributed by atoms with van der Waals surface area (Å²) in [5.74, 6) is 1.48. The van der Waals surface area contributed by atoms with Crippen molar-refractivity contribution < 1.29 is 0 Å². The van der Waals surface area contributed by atoms with Crippen LogP contribution in [-0.4, -0.2) is 16.8 Å². The molecule has 3 nitrogen and oxygen atoms in total. The second kappa shape index (κ2) is 3.08. The summed E-state index contributed by atoms with van der Waals surface area (Å²) in [6.45, 7) is 2.33. The van der Waals surface area contributed by atoms with Gasteiger partial charge in [-0.15, -0.1) is 0 Å². The second-order valence-electron chi connectivity index (χ2n) is 5.09. The number of nitrogens with one attached hydrogen (secondary N) is 1. The summed E-state index contributed by atoms with van der Waals surface area (Å²) in [4.78, 5) is 0. The van der Waals surface area contributed by atoms with Crippen LogP contribution in [0.1, 0.15) is 48.7 Å². The molecule has 1 N–H and O–H groups in total. The van der Waals surface area contributed by atoms with Gasteiger partial charge in [-0.3, -0.25) is 4.68 Å². The Kier molecular flexibility index (Phi) is 1.93. The van der Waals surface area contributed by atoms with Crippen LogP contribution in [0.25, 0.3) is 0 Å². The summed E-state index contributed by atoms with van der Waals surface area (Å²) in [5, 5.41) is 8.16. The van der Waals surface area contributed by atoms with Crippen LogP contribution in [0.2, 0.25) is 0 Å². The zero-order chi connectivity index (χ0) is 10.6. The lowest BCUT2D eigenvalue weighted by Gasteiger charge is -2.16. The standard InChI is InChI=1S/C12H19N3/c1-7-6-9-10(11(7)13-2)12(8-4-5-8)14-15(9)3/h7-8,11,13H,4-6H2,1-3H3. The first-order chi connectivity index (χ1) is 7.22. The van der Waals surface area contributed by atoms with Gasteiger partial charge in [0.15, 0.2) is 0 Å². The molecular formula is C12H19N3. The van der Waals surface area contributed by atoms with Gasteiger partial charge in [-0.2, -0.15) is 5.10 Å². The maximum atomic E-state index is 4.70. The Morgan fingerprint density at radius 1 is 1.40 bits per heavy atom. The Bertz CT molecular complexity index is 390. The van der Waals surface area contributed by atoms with Gasteiger partial charge < -0.3 is 5.32 Å². The number of fused-ring (bicyclic) bond motifs is 1. The third kappa shape index (κ3) is 1.26. The fraction of sp³-hybridized carbons (Fsp3) is 0.750. The fourth-order valence-electron chi connectivity index (χ4n) is 2.97. The van der Waals surface area contributed by atoms with Gasteiger partial charge in [-0.05, 0) is 32.2 Å². The van der Waals surface area contributed by atoms with Crippen LogP contribution in [0.15, 0.2) is 0 Å². The lowest BCUT2D eigenvalue weighted by Crippen LogP contribution is -2.20. The van der Waals surface area contributed by atoms with E-state index in [1.165, 1.54) is 36.2 Å². The Hall–Kier alpha value is -0.830. The van der Waals surface area contributed by atoms with Gasteiger partial charge in [0.2, 0.25) is 0 Å². The zero-order valence-corrected chi connectivity index (χ0v) is 9.75. The lowest BCUT2D eigenvalue weighted by molar-refractivity contribution is 0.437. The summed E-state index contributed by atoms with van der Waals surface area (Å²) >= 11 is 0. The molecule has 82 valence electrons. The van der Waals surface area contributed by atoms with E-state index in [1.54, 1.807) is 0 Å². The molecule has 2 aliphatic carbocycles. The molecule has 1 aromatic heterocycles. The largest absolute Gasteiger partial charge is 0.313 e. The highest BCUT2D eigenvalue weighted by Crippen LogP contribution is 2.47. The molecule has 0 amide bonds. The monoisotopic (exact) mass is 205 g/mol. The first-order valence-electron chi connectivity index (χ1n) is 5.95. The summed E-state index contributed by atoms with van der Waals surface area (Å²) in [6, 6.07) is 0.532. The van der Waals surface area contributed by atoms with Gasteiger partial charge in [-0.25, -0.2) is 0 Å². The molecule has 2 atom stereocenters. The first kappa shape index (κ1) is 9.40. The van der Waals surface area contributed by atoms with E-state index in [4.69, 9.17) is 5.10 Å². The lowest BCUT2D eigenvalue weighted by atomic mass is 10.0. The number of nitrogens with zero attached hydrogens (tertiary/aromatic N) is 2. The summed E-state index contributed by atoms with van der Waals surface area (Å²) in [5.41, 5.74) is 4.37. The second-order valence-corrected chi connectivity index (χ2v) is 5.09. The van der Waals surface area contributed by atoms with Crippen LogP contribution in [0.3, 0.4) is 0 Å². The van der Waals surface area contributed by atoms with E-state index in [-0.39, 0.29) is 0 Å². The predicted octanol–water partition coefficient (Wildman–Crippen LogP) is 1.75. The summed E-state index contributed by atoms with van der Waals surface area (Å²) in [7, 11) is 4.16. The SMILES string of the molecule is CNC1c2c(C3CC3)nn(C)c2CC1C. The van der Waals surface area contributed by atoms with Crippen molar-refractivity contribution in [3.05, 3.63) is 17.0 Å². The third-order valence-electron chi connectivity index (χ3n) is 3.91. The van der Waals surface area contributed by atoms with Crippen molar-refractivity contribution in [1.82, 2.24) is 15.1 Å². The number of hydrogen-bond acceptors (Lipinski definition) is 2. The Balaban J connectivity index is 2.09. The minimum absolute atomic E-state index is 0.532. The molecule has 0 aliphatic heterocycles. The molecule has 0 saturated heterocycles. The van der Waals surface area contributed by atoms with Crippen molar-refractivity contribution in [3.63, 3.8) is 0 Å². The average molecular weight is 205 g/mol.